The fourth-order valence-corrected chi connectivity index (χ4v) is 4.66. The number of likely N-dealkylation sites (tertiary alicyclic amines) is 2. The summed E-state index contributed by atoms with van der Waals surface area (Å²) in [6.07, 6.45) is 5.28. The average Bonchev–Trinajstić information content (AvgIpc) is 3.21. The van der Waals surface area contributed by atoms with Crippen LogP contribution >= 0.6 is 0 Å². The van der Waals surface area contributed by atoms with Gasteiger partial charge in [-0.3, -0.25) is 9.79 Å². The molecule has 2 heterocycles. The normalized spacial score (nSPS) is 18.0. The number of nitrogens with zero attached hydrogens (tertiary/aromatic N) is 3. The zero-order valence-electron chi connectivity index (χ0n) is 18.6. The maximum absolute atomic E-state index is 11.8. The monoisotopic (exact) mass is 418 g/mol. The molecule has 1 amide bonds. The lowest BCUT2D eigenvalue weighted by atomic mass is 9.90. The third-order valence-electron chi connectivity index (χ3n) is 6.51. The Morgan fingerprint density at radius 2 is 1.68 bits per heavy atom. The Morgan fingerprint density at radius 1 is 0.968 bits per heavy atom. The van der Waals surface area contributed by atoms with E-state index in [9.17, 15) is 4.79 Å². The lowest BCUT2D eigenvalue weighted by molar-refractivity contribution is -0.128. The summed E-state index contributed by atoms with van der Waals surface area (Å²) in [5.74, 6) is 2.03. The van der Waals surface area contributed by atoms with Crippen molar-refractivity contribution < 1.29 is 4.79 Å². The van der Waals surface area contributed by atoms with Crippen LogP contribution < -0.4 is 5.32 Å². The zero-order valence-corrected chi connectivity index (χ0v) is 18.6. The molecule has 0 atom stereocenters. The molecule has 0 radical (unpaired) electrons. The van der Waals surface area contributed by atoms with Gasteiger partial charge in [0.15, 0.2) is 5.96 Å². The summed E-state index contributed by atoms with van der Waals surface area (Å²) in [5.41, 5.74) is 3.88. The van der Waals surface area contributed by atoms with Gasteiger partial charge in [0.1, 0.15) is 0 Å². The highest BCUT2D eigenvalue weighted by atomic mass is 16.2. The molecule has 0 saturated carbocycles. The number of hydrogen-bond acceptors (Lipinski definition) is 2. The molecule has 2 saturated heterocycles. The van der Waals surface area contributed by atoms with E-state index in [4.69, 9.17) is 0 Å². The first kappa shape index (κ1) is 21.4. The van der Waals surface area contributed by atoms with Gasteiger partial charge < -0.3 is 15.1 Å². The minimum Gasteiger partial charge on any atom is -0.352 e. The summed E-state index contributed by atoms with van der Waals surface area (Å²) in [4.78, 5) is 20.7. The predicted octanol–water partition coefficient (Wildman–Crippen LogP) is 3.84. The summed E-state index contributed by atoms with van der Waals surface area (Å²) in [6.45, 7) is 4.49. The molecular weight excluding hydrogens is 384 g/mol. The molecule has 4 rings (SSSR count). The first-order chi connectivity index (χ1) is 15.2. The number of guanidine groups is 1. The maximum atomic E-state index is 11.8. The molecule has 0 aromatic heterocycles. The van der Waals surface area contributed by atoms with Crippen LogP contribution in [0, 0.1) is 5.92 Å². The molecule has 0 unspecified atom stereocenters. The third-order valence-corrected chi connectivity index (χ3v) is 6.51. The number of benzene rings is 2. The summed E-state index contributed by atoms with van der Waals surface area (Å²) in [6, 6.07) is 19.4. The number of aliphatic imine (C=N–C) groups is 1. The lowest BCUT2D eigenvalue weighted by Crippen LogP contribution is -2.45. The van der Waals surface area contributed by atoms with Crippen molar-refractivity contribution in [3.8, 4) is 0 Å². The Labute approximate surface area is 186 Å². The van der Waals surface area contributed by atoms with Gasteiger partial charge in [0.05, 0.1) is 0 Å². The highest BCUT2D eigenvalue weighted by Crippen LogP contribution is 2.22. The van der Waals surface area contributed by atoms with Crippen molar-refractivity contribution in [2.75, 3.05) is 26.7 Å². The van der Waals surface area contributed by atoms with Crippen LogP contribution in [0.4, 0.5) is 0 Å². The van der Waals surface area contributed by atoms with Crippen LogP contribution in [-0.4, -0.2) is 48.3 Å². The highest BCUT2D eigenvalue weighted by molar-refractivity contribution is 5.80. The first-order valence-corrected chi connectivity index (χ1v) is 11.6. The smallest absolute Gasteiger partial charge is 0.222 e. The largest absolute Gasteiger partial charge is 0.352 e. The number of rotatable bonds is 6. The lowest BCUT2D eigenvalue weighted by Gasteiger charge is -2.34. The van der Waals surface area contributed by atoms with Gasteiger partial charge in [-0.15, -0.1) is 0 Å². The van der Waals surface area contributed by atoms with E-state index < -0.39 is 0 Å². The molecule has 5 nitrogen and oxygen atoms in total. The van der Waals surface area contributed by atoms with Crippen LogP contribution in [-0.2, 0) is 24.3 Å². The second-order valence-electron chi connectivity index (χ2n) is 8.76. The number of nitrogens with one attached hydrogen (secondary N) is 1. The van der Waals surface area contributed by atoms with E-state index in [0.29, 0.717) is 6.42 Å². The van der Waals surface area contributed by atoms with Gasteiger partial charge >= 0.3 is 0 Å². The van der Waals surface area contributed by atoms with Crippen molar-refractivity contribution in [1.82, 2.24) is 15.1 Å². The predicted molar refractivity (Wildman–Crippen MR) is 126 cm³/mol. The Kier molecular flexibility index (Phi) is 7.23. The van der Waals surface area contributed by atoms with Gasteiger partial charge in [-0.25, -0.2) is 0 Å². The van der Waals surface area contributed by atoms with E-state index in [1.54, 1.807) is 0 Å². The van der Waals surface area contributed by atoms with Gasteiger partial charge in [-0.1, -0.05) is 54.6 Å². The molecule has 1 N–H and O–H groups in total. The Hall–Kier alpha value is -2.82. The maximum Gasteiger partial charge on any atom is 0.222 e. The third kappa shape index (κ3) is 5.87. The molecule has 31 heavy (non-hydrogen) atoms. The Bertz CT molecular complexity index is 870. The van der Waals surface area contributed by atoms with Gasteiger partial charge in [0, 0.05) is 46.2 Å². The van der Waals surface area contributed by atoms with Crippen molar-refractivity contribution in [3.05, 3.63) is 71.3 Å². The van der Waals surface area contributed by atoms with Crippen LogP contribution in [0.5, 0.6) is 0 Å². The van der Waals surface area contributed by atoms with Gasteiger partial charge in [0.2, 0.25) is 5.91 Å². The quantitative estimate of drug-likeness (QED) is 0.573. The molecule has 164 valence electrons. The first-order valence-electron chi connectivity index (χ1n) is 11.6. The van der Waals surface area contributed by atoms with Crippen LogP contribution in [0.2, 0.25) is 0 Å². The topological polar surface area (TPSA) is 47.9 Å². The molecule has 2 aliphatic rings. The summed E-state index contributed by atoms with van der Waals surface area (Å²) in [7, 11) is 1.87. The van der Waals surface area contributed by atoms with Crippen molar-refractivity contribution in [1.29, 1.82) is 0 Å². The standard InChI is InChI=1S/C26H34N4O/c1-27-26(29-16-13-22(14-17-29)18-21-6-3-2-4-7-21)28-19-23-9-11-24(12-10-23)20-30-15-5-8-25(30)31/h2-4,6-7,9-12,22H,5,8,13-20H2,1H3,(H,27,28). The van der Waals surface area contributed by atoms with Crippen molar-refractivity contribution >= 4 is 11.9 Å². The van der Waals surface area contributed by atoms with E-state index in [1.165, 1.54) is 36.0 Å². The minimum absolute atomic E-state index is 0.280. The van der Waals surface area contributed by atoms with Crippen LogP contribution in [0.25, 0.3) is 0 Å². The van der Waals surface area contributed by atoms with Gasteiger partial charge in [0.25, 0.3) is 0 Å². The SMILES string of the molecule is CN=C(NCc1ccc(CN2CCCC2=O)cc1)N1CCC(Cc2ccccc2)CC1. The Balaban J connectivity index is 1.23. The summed E-state index contributed by atoms with van der Waals surface area (Å²) in [5, 5.41) is 3.53. The summed E-state index contributed by atoms with van der Waals surface area (Å²) >= 11 is 0. The number of amides is 1. The minimum atomic E-state index is 0.280. The Morgan fingerprint density at radius 3 is 2.32 bits per heavy atom. The average molecular weight is 419 g/mol. The number of piperidine rings is 1. The number of hydrogen-bond donors (Lipinski definition) is 1. The molecule has 0 spiro atoms. The van der Waals surface area contributed by atoms with E-state index >= 15 is 0 Å². The summed E-state index contributed by atoms with van der Waals surface area (Å²) < 4.78 is 0. The van der Waals surface area contributed by atoms with Crippen LogP contribution in [0.15, 0.2) is 59.6 Å². The molecule has 2 aromatic carbocycles. The molecule has 2 aromatic rings. The molecular formula is C26H34N4O. The zero-order chi connectivity index (χ0) is 21.5. The molecule has 2 fully saturated rings. The van der Waals surface area contributed by atoms with Crippen molar-refractivity contribution in [3.63, 3.8) is 0 Å². The van der Waals surface area contributed by atoms with Crippen LogP contribution in [0.3, 0.4) is 0 Å². The second kappa shape index (κ2) is 10.5. The number of carbonyl (C=O) groups is 1. The van der Waals surface area contributed by atoms with Crippen molar-refractivity contribution in [2.45, 2.75) is 45.2 Å². The van der Waals surface area contributed by atoms with Gasteiger partial charge in [-0.2, -0.15) is 0 Å². The molecule has 5 heteroatoms. The fourth-order valence-electron chi connectivity index (χ4n) is 4.66. The molecule has 0 bridgehead atoms. The highest BCUT2D eigenvalue weighted by Gasteiger charge is 2.22. The van der Waals surface area contributed by atoms with Gasteiger partial charge in [-0.05, 0) is 48.3 Å². The fraction of sp³-hybridized carbons (Fsp3) is 0.462. The van der Waals surface area contributed by atoms with E-state index in [1.807, 2.05) is 11.9 Å². The van der Waals surface area contributed by atoms with Crippen molar-refractivity contribution in [2.24, 2.45) is 10.9 Å². The van der Waals surface area contributed by atoms with E-state index in [2.05, 4.69) is 69.8 Å². The molecule has 0 aliphatic carbocycles. The van der Waals surface area contributed by atoms with E-state index in [-0.39, 0.29) is 5.91 Å². The van der Waals surface area contributed by atoms with Crippen LogP contribution in [0.1, 0.15) is 42.4 Å². The molecule has 2 aliphatic heterocycles. The number of carbonyl (C=O) groups excluding carboxylic acids is 1. The second-order valence-corrected chi connectivity index (χ2v) is 8.76. The van der Waals surface area contributed by atoms with E-state index in [0.717, 1.165) is 51.0 Å².